The number of hydrogen-bond acceptors (Lipinski definition) is 9. The Balaban J connectivity index is 1.02. The van der Waals surface area contributed by atoms with E-state index in [-0.39, 0.29) is 0 Å². The number of anilines is 6. The van der Waals surface area contributed by atoms with Gasteiger partial charge >= 0.3 is 0 Å². The molecule has 0 fully saturated rings. The van der Waals surface area contributed by atoms with E-state index in [9.17, 15) is 0 Å². The standard InChI is InChI=1S/C42H24N4O3S2/c1-3-9-33-28(7-1)30-16-13-25(21-35(30)47-33)45(39-11-5-19-50-39)26-15-18-32-37(22-26)49-42-41(32)43-24-38(44-42)46(40-12-6-20-51-40)27-14-17-31-29-8-2-4-10-34(29)48-36(31)23-27/h1-24H. The third-order valence-electron chi connectivity index (χ3n) is 9.34. The first kappa shape index (κ1) is 28.4. The van der Waals surface area contributed by atoms with Crippen molar-refractivity contribution in [3.05, 3.63) is 144 Å². The molecular formula is C42H24N4O3S2. The topological polar surface area (TPSA) is 71.7 Å². The Morgan fingerprint density at radius 2 is 0.961 bits per heavy atom. The van der Waals surface area contributed by atoms with Crippen LogP contribution in [0.15, 0.2) is 158 Å². The molecule has 0 bridgehead atoms. The lowest BCUT2D eigenvalue weighted by atomic mass is 10.1. The van der Waals surface area contributed by atoms with E-state index in [1.807, 2.05) is 48.7 Å². The zero-order chi connectivity index (χ0) is 33.5. The summed E-state index contributed by atoms with van der Waals surface area (Å²) in [7, 11) is 0. The number of hydrogen-bond donors (Lipinski definition) is 0. The van der Waals surface area contributed by atoms with Crippen LogP contribution in [0, 0.1) is 0 Å². The quantitative estimate of drug-likeness (QED) is 0.171. The summed E-state index contributed by atoms with van der Waals surface area (Å²) in [5.41, 5.74) is 8.16. The third kappa shape index (κ3) is 4.49. The number of rotatable bonds is 6. The number of para-hydroxylation sites is 2. The summed E-state index contributed by atoms with van der Waals surface area (Å²) < 4.78 is 19.0. The highest BCUT2D eigenvalue weighted by Gasteiger charge is 2.22. The highest BCUT2D eigenvalue weighted by molar-refractivity contribution is 7.14. The first-order valence-corrected chi connectivity index (χ1v) is 18.2. The van der Waals surface area contributed by atoms with Gasteiger partial charge in [0.15, 0.2) is 5.82 Å². The maximum absolute atomic E-state index is 6.50. The zero-order valence-electron chi connectivity index (χ0n) is 26.7. The van der Waals surface area contributed by atoms with Crippen LogP contribution >= 0.6 is 22.7 Å². The van der Waals surface area contributed by atoms with Crippen molar-refractivity contribution in [3.63, 3.8) is 0 Å². The second-order valence-electron chi connectivity index (χ2n) is 12.3. The Kier molecular flexibility index (Phi) is 6.16. The van der Waals surface area contributed by atoms with E-state index >= 15 is 0 Å². The molecular weight excluding hydrogens is 673 g/mol. The van der Waals surface area contributed by atoms with Gasteiger partial charge in [-0.2, -0.15) is 4.98 Å². The van der Waals surface area contributed by atoms with Crippen LogP contribution in [0.5, 0.6) is 0 Å². The van der Waals surface area contributed by atoms with E-state index in [2.05, 4.69) is 105 Å². The number of furan rings is 3. The molecule has 0 spiro atoms. The van der Waals surface area contributed by atoms with Crippen molar-refractivity contribution in [1.29, 1.82) is 0 Å². The minimum Gasteiger partial charge on any atom is -0.456 e. The number of thiophene rings is 2. The smallest absolute Gasteiger partial charge is 0.248 e. The molecule has 0 aliphatic rings. The molecule has 51 heavy (non-hydrogen) atoms. The summed E-state index contributed by atoms with van der Waals surface area (Å²) in [6.07, 6.45) is 1.81. The van der Waals surface area contributed by atoms with Crippen molar-refractivity contribution in [2.75, 3.05) is 9.80 Å². The molecule has 6 aromatic heterocycles. The van der Waals surface area contributed by atoms with Crippen molar-refractivity contribution in [2.45, 2.75) is 0 Å². The van der Waals surface area contributed by atoms with Crippen LogP contribution in [0.4, 0.5) is 32.9 Å². The predicted molar refractivity (Wildman–Crippen MR) is 209 cm³/mol. The van der Waals surface area contributed by atoms with Gasteiger partial charge in [0.05, 0.1) is 28.3 Å². The van der Waals surface area contributed by atoms with Gasteiger partial charge in [0.1, 0.15) is 38.4 Å². The van der Waals surface area contributed by atoms with E-state index in [0.29, 0.717) is 22.6 Å². The molecule has 0 atom stereocenters. The molecule has 0 aliphatic heterocycles. The van der Waals surface area contributed by atoms with Crippen LogP contribution in [0.3, 0.4) is 0 Å². The highest BCUT2D eigenvalue weighted by Crippen LogP contribution is 2.43. The van der Waals surface area contributed by atoms with Gasteiger partial charge in [-0.1, -0.05) is 36.4 Å². The van der Waals surface area contributed by atoms with Gasteiger partial charge in [-0.05, 0) is 83.6 Å². The fourth-order valence-electron chi connectivity index (χ4n) is 7.04. The second kappa shape index (κ2) is 11.0. The van der Waals surface area contributed by atoms with E-state index in [4.69, 9.17) is 23.2 Å². The molecule has 5 aromatic carbocycles. The van der Waals surface area contributed by atoms with Crippen LogP contribution in [-0.4, -0.2) is 9.97 Å². The maximum Gasteiger partial charge on any atom is 0.248 e. The number of fused-ring (bicyclic) bond motifs is 9. The lowest BCUT2D eigenvalue weighted by molar-refractivity contribution is 0.653. The molecule has 11 rings (SSSR count). The predicted octanol–water partition coefficient (Wildman–Crippen LogP) is 13.2. The lowest BCUT2D eigenvalue weighted by Gasteiger charge is -2.23. The first-order chi connectivity index (χ1) is 25.2. The third-order valence-corrected chi connectivity index (χ3v) is 11.0. The molecule has 0 unspecified atom stereocenters. The normalized spacial score (nSPS) is 11.9. The SMILES string of the molecule is c1csc(N(c2ccc3c(c2)oc2ccccc23)c2ccc3c(c2)oc2nc(N(c4ccc5c(c4)oc4ccccc45)c4cccs4)cnc23)c1. The summed E-state index contributed by atoms with van der Waals surface area (Å²) in [5, 5.41) is 11.5. The number of benzene rings is 5. The molecule has 7 nitrogen and oxygen atoms in total. The Morgan fingerprint density at radius 3 is 1.55 bits per heavy atom. The molecule has 0 amide bonds. The molecule has 9 heteroatoms. The minimum atomic E-state index is 0.470. The van der Waals surface area contributed by atoms with Crippen molar-refractivity contribution < 1.29 is 13.3 Å². The van der Waals surface area contributed by atoms with Gasteiger partial charge in [-0.15, -0.1) is 22.7 Å². The molecule has 0 saturated carbocycles. The van der Waals surface area contributed by atoms with Gasteiger partial charge in [-0.3, -0.25) is 4.90 Å². The molecule has 6 heterocycles. The van der Waals surface area contributed by atoms with Crippen LogP contribution < -0.4 is 9.80 Å². The number of aromatic nitrogens is 2. The molecule has 11 aromatic rings. The monoisotopic (exact) mass is 696 g/mol. The van der Waals surface area contributed by atoms with Crippen molar-refractivity contribution in [3.8, 4) is 0 Å². The molecule has 0 aliphatic carbocycles. The average molecular weight is 697 g/mol. The van der Waals surface area contributed by atoms with Gasteiger partial charge in [0.25, 0.3) is 0 Å². The van der Waals surface area contributed by atoms with Crippen LogP contribution in [0.25, 0.3) is 66.1 Å². The molecule has 242 valence electrons. The summed E-state index contributed by atoms with van der Waals surface area (Å²) >= 11 is 3.30. The molecule has 0 N–H and O–H groups in total. The number of nitrogens with zero attached hydrogens (tertiary/aromatic N) is 4. The Morgan fingerprint density at radius 1 is 0.451 bits per heavy atom. The van der Waals surface area contributed by atoms with Gasteiger partial charge in [-0.25, -0.2) is 4.98 Å². The average Bonchev–Trinajstić information content (AvgIpc) is 4.01. The van der Waals surface area contributed by atoms with E-state index in [1.54, 1.807) is 22.7 Å². The Bertz CT molecular complexity index is 2860. The highest BCUT2D eigenvalue weighted by atomic mass is 32.1. The first-order valence-electron chi connectivity index (χ1n) is 16.4. The molecule has 0 saturated heterocycles. The van der Waals surface area contributed by atoms with Crippen molar-refractivity contribution >= 4 is 122 Å². The minimum absolute atomic E-state index is 0.470. The Hall–Kier alpha value is -6.42. The summed E-state index contributed by atoms with van der Waals surface area (Å²) in [4.78, 5) is 14.3. The van der Waals surface area contributed by atoms with Crippen LogP contribution in [-0.2, 0) is 0 Å². The lowest BCUT2D eigenvalue weighted by Crippen LogP contribution is -2.10. The van der Waals surface area contributed by atoms with E-state index in [0.717, 1.165) is 76.3 Å². The largest absolute Gasteiger partial charge is 0.456 e. The summed E-state index contributed by atoms with van der Waals surface area (Å²) in [5.74, 6) is 0.652. The molecule has 0 radical (unpaired) electrons. The van der Waals surface area contributed by atoms with Crippen molar-refractivity contribution in [2.24, 2.45) is 0 Å². The fourth-order valence-corrected chi connectivity index (χ4v) is 8.57. The summed E-state index contributed by atoms with van der Waals surface area (Å²) in [6, 6.07) is 43.4. The van der Waals surface area contributed by atoms with Crippen molar-refractivity contribution in [1.82, 2.24) is 9.97 Å². The van der Waals surface area contributed by atoms with E-state index < -0.39 is 0 Å². The van der Waals surface area contributed by atoms with E-state index in [1.165, 1.54) is 0 Å². The summed E-state index contributed by atoms with van der Waals surface area (Å²) in [6.45, 7) is 0. The van der Waals surface area contributed by atoms with Gasteiger partial charge in [0, 0.05) is 45.1 Å². The van der Waals surface area contributed by atoms with Crippen LogP contribution in [0.2, 0.25) is 0 Å². The van der Waals surface area contributed by atoms with Gasteiger partial charge in [0.2, 0.25) is 5.71 Å². The maximum atomic E-state index is 6.50. The van der Waals surface area contributed by atoms with Crippen LogP contribution in [0.1, 0.15) is 0 Å². The zero-order valence-corrected chi connectivity index (χ0v) is 28.3. The fraction of sp³-hybridized carbons (Fsp3) is 0. The Labute approximate surface area is 297 Å². The van der Waals surface area contributed by atoms with Gasteiger partial charge < -0.3 is 18.2 Å². The second-order valence-corrected chi connectivity index (χ2v) is 14.1.